The van der Waals surface area contributed by atoms with Gasteiger partial charge in [0.15, 0.2) is 0 Å². The van der Waals surface area contributed by atoms with E-state index in [4.69, 9.17) is 0 Å². The summed E-state index contributed by atoms with van der Waals surface area (Å²) in [6, 6.07) is 12.6. The van der Waals surface area contributed by atoms with Crippen LogP contribution in [0.2, 0.25) is 0 Å². The van der Waals surface area contributed by atoms with Gasteiger partial charge in [0.25, 0.3) is 5.69 Å². The Balaban J connectivity index is 2.06. The summed E-state index contributed by atoms with van der Waals surface area (Å²) in [7, 11) is 0. The maximum Gasteiger partial charge on any atom is 0.271 e. The number of nitrogens with zero attached hydrogens (tertiary/aromatic N) is 2. The van der Waals surface area contributed by atoms with Gasteiger partial charge in [0.2, 0.25) is 0 Å². The van der Waals surface area contributed by atoms with Gasteiger partial charge >= 0.3 is 0 Å². The summed E-state index contributed by atoms with van der Waals surface area (Å²) in [5.41, 5.74) is 3.93. The van der Waals surface area contributed by atoms with E-state index in [1.165, 1.54) is 18.3 Å². The SMILES string of the molecule is O=[N+]([O-])c1cccc(N/N=C\c2cccc(O)c2)c1. The van der Waals surface area contributed by atoms with E-state index in [1.807, 2.05) is 0 Å². The van der Waals surface area contributed by atoms with Crippen molar-refractivity contribution >= 4 is 17.6 Å². The number of nitro benzene ring substituents is 1. The van der Waals surface area contributed by atoms with E-state index in [2.05, 4.69) is 10.5 Å². The van der Waals surface area contributed by atoms with Crippen LogP contribution in [0.5, 0.6) is 5.75 Å². The van der Waals surface area contributed by atoms with Crippen molar-refractivity contribution in [2.24, 2.45) is 5.10 Å². The fourth-order valence-electron chi connectivity index (χ4n) is 1.48. The summed E-state index contributed by atoms with van der Waals surface area (Å²) in [6.45, 7) is 0. The van der Waals surface area contributed by atoms with Gasteiger partial charge in [-0.25, -0.2) is 0 Å². The Morgan fingerprint density at radius 3 is 2.74 bits per heavy atom. The number of hydrogen-bond donors (Lipinski definition) is 2. The third-order valence-corrected chi connectivity index (χ3v) is 2.33. The number of non-ortho nitro benzene ring substituents is 1. The van der Waals surface area contributed by atoms with Crippen molar-refractivity contribution in [1.29, 1.82) is 0 Å². The zero-order chi connectivity index (χ0) is 13.7. The quantitative estimate of drug-likeness (QED) is 0.500. The molecule has 0 saturated carbocycles. The number of aromatic hydroxyl groups is 1. The average molecular weight is 257 g/mol. The molecule has 19 heavy (non-hydrogen) atoms. The molecule has 6 heteroatoms. The first-order chi connectivity index (χ1) is 9.15. The van der Waals surface area contributed by atoms with Crippen LogP contribution in [0.1, 0.15) is 5.56 Å². The minimum absolute atomic E-state index is 0.00226. The van der Waals surface area contributed by atoms with Gasteiger partial charge in [-0.2, -0.15) is 5.10 Å². The summed E-state index contributed by atoms with van der Waals surface area (Å²) in [5.74, 6) is 0.152. The largest absolute Gasteiger partial charge is 0.508 e. The monoisotopic (exact) mass is 257 g/mol. The predicted molar refractivity (Wildman–Crippen MR) is 72.4 cm³/mol. The molecule has 0 radical (unpaired) electrons. The molecule has 0 unspecified atom stereocenters. The molecule has 0 bridgehead atoms. The second-order valence-electron chi connectivity index (χ2n) is 3.77. The van der Waals surface area contributed by atoms with Crippen molar-refractivity contribution in [1.82, 2.24) is 0 Å². The summed E-state index contributed by atoms with van der Waals surface area (Å²) >= 11 is 0. The third-order valence-electron chi connectivity index (χ3n) is 2.33. The number of benzene rings is 2. The fraction of sp³-hybridized carbons (Fsp3) is 0. The summed E-state index contributed by atoms with van der Waals surface area (Å²) < 4.78 is 0. The van der Waals surface area contributed by atoms with Crippen molar-refractivity contribution in [2.75, 3.05) is 5.43 Å². The number of nitrogens with one attached hydrogen (secondary N) is 1. The lowest BCUT2D eigenvalue weighted by Gasteiger charge is -1.99. The summed E-state index contributed by atoms with van der Waals surface area (Å²) in [6.07, 6.45) is 1.51. The molecule has 0 spiro atoms. The van der Waals surface area contributed by atoms with E-state index in [1.54, 1.807) is 36.4 Å². The number of nitro groups is 1. The van der Waals surface area contributed by atoms with Crippen LogP contribution in [-0.2, 0) is 0 Å². The number of anilines is 1. The molecule has 0 saturated heterocycles. The molecule has 0 aromatic heterocycles. The van der Waals surface area contributed by atoms with E-state index in [0.29, 0.717) is 5.69 Å². The Hall–Kier alpha value is -2.89. The molecular formula is C13H11N3O3. The van der Waals surface area contributed by atoms with Crippen molar-refractivity contribution in [3.8, 4) is 5.75 Å². The highest BCUT2D eigenvalue weighted by atomic mass is 16.6. The van der Waals surface area contributed by atoms with Gasteiger partial charge < -0.3 is 5.11 Å². The molecule has 2 aromatic carbocycles. The van der Waals surface area contributed by atoms with Crippen molar-refractivity contribution in [2.45, 2.75) is 0 Å². The van der Waals surface area contributed by atoms with E-state index in [0.717, 1.165) is 5.56 Å². The lowest BCUT2D eigenvalue weighted by molar-refractivity contribution is -0.384. The summed E-state index contributed by atoms with van der Waals surface area (Å²) in [4.78, 5) is 10.1. The van der Waals surface area contributed by atoms with Crippen molar-refractivity contribution in [3.63, 3.8) is 0 Å². The van der Waals surface area contributed by atoms with E-state index in [9.17, 15) is 15.2 Å². The Morgan fingerprint density at radius 2 is 2.00 bits per heavy atom. The zero-order valence-electron chi connectivity index (χ0n) is 9.85. The highest BCUT2D eigenvalue weighted by Gasteiger charge is 2.04. The number of phenolic OH excluding ortho intramolecular Hbond substituents is 1. The smallest absolute Gasteiger partial charge is 0.271 e. The second kappa shape index (κ2) is 5.63. The minimum atomic E-state index is -0.468. The molecule has 2 aromatic rings. The standard InChI is InChI=1S/C13H11N3O3/c17-13-6-1-3-10(7-13)9-14-15-11-4-2-5-12(8-11)16(18)19/h1-9,15,17H/b14-9-. The van der Waals surface area contributed by atoms with Crippen LogP contribution < -0.4 is 5.43 Å². The Labute approximate surface area is 109 Å². The van der Waals surface area contributed by atoms with Crippen LogP contribution in [0.4, 0.5) is 11.4 Å². The van der Waals surface area contributed by atoms with E-state index >= 15 is 0 Å². The minimum Gasteiger partial charge on any atom is -0.508 e. The maximum atomic E-state index is 10.6. The molecule has 0 aliphatic carbocycles. The summed E-state index contributed by atoms with van der Waals surface area (Å²) in [5, 5.41) is 23.8. The van der Waals surface area contributed by atoms with Crippen LogP contribution in [-0.4, -0.2) is 16.2 Å². The predicted octanol–water partition coefficient (Wildman–Crippen LogP) is 2.75. The van der Waals surface area contributed by atoms with Crippen LogP contribution in [0.15, 0.2) is 53.6 Å². The molecule has 0 amide bonds. The van der Waals surface area contributed by atoms with Gasteiger partial charge in [0.1, 0.15) is 5.75 Å². The van der Waals surface area contributed by atoms with Crippen LogP contribution in [0.25, 0.3) is 0 Å². The molecule has 6 nitrogen and oxygen atoms in total. The van der Waals surface area contributed by atoms with Crippen LogP contribution in [0.3, 0.4) is 0 Å². The molecule has 0 atom stereocenters. The lowest BCUT2D eigenvalue weighted by Crippen LogP contribution is -1.92. The molecule has 2 N–H and O–H groups in total. The van der Waals surface area contributed by atoms with Crippen LogP contribution >= 0.6 is 0 Å². The second-order valence-corrected chi connectivity index (χ2v) is 3.77. The topological polar surface area (TPSA) is 87.8 Å². The Bertz CT molecular complexity index is 626. The Morgan fingerprint density at radius 1 is 1.21 bits per heavy atom. The van der Waals surface area contributed by atoms with Crippen molar-refractivity contribution < 1.29 is 10.0 Å². The van der Waals surface area contributed by atoms with Gasteiger partial charge in [0, 0.05) is 12.1 Å². The Kier molecular flexibility index (Phi) is 3.72. The first-order valence-corrected chi connectivity index (χ1v) is 5.48. The molecular weight excluding hydrogens is 246 g/mol. The number of rotatable bonds is 4. The molecule has 0 heterocycles. The average Bonchev–Trinajstić information content (AvgIpc) is 2.39. The third kappa shape index (κ3) is 3.53. The fourth-order valence-corrected chi connectivity index (χ4v) is 1.48. The highest BCUT2D eigenvalue weighted by Crippen LogP contribution is 2.17. The number of phenols is 1. The van der Waals surface area contributed by atoms with Gasteiger partial charge in [-0.15, -0.1) is 0 Å². The highest BCUT2D eigenvalue weighted by molar-refractivity contribution is 5.80. The first kappa shape index (κ1) is 12.6. The van der Waals surface area contributed by atoms with Crippen LogP contribution in [0, 0.1) is 10.1 Å². The van der Waals surface area contributed by atoms with Crippen molar-refractivity contribution in [3.05, 3.63) is 64.2 Å². The molecule has 0 fully saturated rings. The maximum absolute atomic E-state index is 10.6. The molecule has 2 rings (SSSR count). The zero-order valence-corrected chi connectivity index (χ0v) is 9.85. The van der Waals surface area contributed by atoms with E-state index < -0.39 is 4.92 Å². The van der Waals surface area contributed by atoms with Gasteiger partial charge in [-0.3, -0.25) is 15.5 Å². The number of hydrazone groups is 1. The molecule has 0 aliphatic heterocycles. The normalized spacial score (nSPS) is 10.5. The molecule has 96 valence electrons. The number of hydrogen-bond acceptors (Lipinski definition) is 5. The first-order valence-electron chi connectivity index (χ1n) is 5.48. The van der Waals surface area contributed by atoms with E-state index in [-0.39, 0.29) is 11.4 Å². The van der Waals surface area contributed by atoms with Gasteiger partial charge in [-0.1, -0.05) is 18.2 Å². The lowest BCUT2D eigenvalue weighted by atomic mass is 10.2. The molecule has 0 aliphatic rings. The van der Waals surface area contributed by atoms with Gasteiger partial charge in [-0.05, 0) is 23.8 Å². The van der Waals surface area contributed by atoms with Gasteiger partial charge in [0.05, 0.1) is 16.8 Å².